The highest BCUT2D eigenvalue weighted by molar-refractivity contribution is 5.09. The number of fused-ring (bicyclic) bond motifs is 5. The van der Waals surface area contributed by atoms with Crippen molar-refractivity contribution in [2.75, 3.05) is 0 Å². The van der Waals surface area contributed by atoms with E-state index in [1.54, 1.807) is 0 Å². The van der Waals surface area contributed by atoms with Gasteiger partial charge < -0.3 is 5.11 Å². The van der Waals surface area contributed by atoms with Gasteiger partial charge in [0.05, 0.1) is 6.10 Å². The quantitative estimate of drug-likeness (QED) is 0.494. The Morgan fingerprint density at radius 2 is 1.53 bits per heavy atom. The fourth-order valence-electron chi connectivity index (χ4n) is 10.4. The molecule has 1 nitrogen and oxygen atoms in total. The molecule has 9 atom stereocenters. The summed E-state index contributed by atoms with van der Waals surface area (Å²) in [5, 5.41) is 10.3. The Kier molecular flexibility index (Phi) is 6.09. The van der Waals surface area contributed by atoms with Gasteiger partial charge in [-0.15, -0.1) is 0 Å². The van der Waals surface area contributed by atoms with Gasteiger partial charge in [-0.3, -0.25) is 0 Å². The summed E-state index contributed by atoms with van der Waals surface area (Å²) < 4.78 is 0. The molecule has 172 valence electrons. The molecule has 0 saturated heterocycles. The summed E-state index contributed by atoms with van der Waals surface area (Å²) in [6.07, 6.45) is 23.0. The van der Waals surface area contributed by atoms with Crippen LogP contribution in [0.3, 0.4) is 0 Å². The predicted octanol–water partition coefficient (Wildman–Crippen LogP) is 8.00. The Balaban J connectivity index is 1.26. The molecule has 1 unspecified atom stereocenters. The molecule has 0 aromatic heterocycles. The van der Waals surface area contributed by atoms with Crippen LogP contribution in [0, 0.1) is 52.3 Å². The maximum absolute atomic E-state index is 10.3. The van der Waals surface area contributed by atoms with Gasteiger partial charge in [0.2, 0.25) is 0 Å². The van der Waals surface area contributed by atoms with Crippen molar-refractivity contribution < 1.29 is 5.11 Å². The highest BCUT2D eigenvalue weighted by Gasteiger charge is 2.60. The van der Waals surface area contributed by atoms with Crippen molar-refractivity contribution in [3.63, 3.8) is 0 Å². The lowest BCUT2D eigenvalue weighted by Crippen LogP contribution is -2.54. The summed E-state index contributed by atoms with van der Waals surface area (Å²) in [5.74, 6) is 6.75. The summed E-state index contributed by atoms with van der Waals surface area (Å²) in [6, 6.07) is 0. The number of rotatable bonds is 4. The standard InChI is InChI=1S/C29H50O/c1-20(9-10-21-7-5-4-6-8-21)25-13-14-26-24-12-11-22-19-23(30)15-17-28(22,2)27(24)16-18-29(25,26)3/h20-27,30H,4-19H2,1-3H3/t20-,22?,23+,24+,25-,26+,27+,28+,29-/m1/s1. The fraction of sp³-hybridized carbons (Fsp3) is 1.00. The fourth-order valence-corrected chi connectivity index (χ4v) is 10.4. The molecule has 0 aliphatic heterocycles. The van der Waals surface area contributed by atoms with Gasteiger partial charge in [0, 0.05) is 0 Å². The Bertz CT molecular complexity index is 593. The first-order valence-corrected chi connectivity index (χ1v) is 14.1. The van der Waals surface area contributed by atoms with Gasteiger partial charge >= 0.3 is 0 Å². The van der Waals surface area contributed by atoms with E-state index in [-0.39, 0.29) is 6.10 Å². The van der Waals surface area contributed by atoms with Crippen LogP contribution in [-0.2, 0) is 0 Å². The van der Waals surface area contributed by atoms with E-state index in [0.717, 1.165) is 54.3 Å². The van der Waals surface area contributed by atoms with Crippen molar-refractivity contribution in [2.45, 2.75) is 130 Å². The lowest BCUT2D eigenvalue weighted by atomic mass is 9.44. The van der Waals surface area contributed by atoms with E-state index in [1.807, 2.05) is 0 Å². The number of aliphatic hydroxyl groups excluding tert-OH is 1. The first-order valence-electron chi connectivity index (χ1n) is 14.1. The van der Waals surface area contributed by atoms with Gasteiger partial charge in [0.25, 0.3) is 0 Å². The van der Waals surface area contributed by atoms with Crippen LogP contribution in [0.5, 0.6) is 0 Å². The zero-order valence-corrected chi connectivity index (χ0v) is 20.4. The summed E-state index contributed by atoms with van der Waals surface area (Å²) in [7, 11) is 0. The minimum Gasteiger partial charge on any atom is -0.393 e. The van der Waals surface area contributed by atoms with E-state index in [2.05, 4.69) is 20.8 Å². The highest BCUT2D eigenvalue weighted by Crippen LogP contribution is 2.68. The summed E-state index contributed by atoms with van der Waals surface area (Å²) in [4.78, 5) is 0. The van der Waals surface area contributed by atoms with E-state index >= 15 is 0 Å². The second-order valence-corrected chi connectivity index (χ2v) is 13.4. The Labute approximate surface area is 187 Å². The molecule has 30 heavy (non-hydrogen) atoms. The van der Waals surface area contributed by atoms with Gasteiger partial charge in [-0.1, -0.05) is 65.7 Å². The van der Waals surface area contributed by atoms with Gasteiger partial charge in [0.1, 0.15) is 0 Å². The smallest absolute Gasteiger partial charge is 0.0543 e. The zero-order valence-electron chi connectivity index (χ0n) is 20.4. The van der Waals surface area contributed by atoms with Crippen LogP contribution in [0.25, 0.3) is 0 Å². The lowest BCUT2D eigenvalue weighted by molar-refractivity contribution is -0.129. The number of hydrogen-bond donors (Lipinski definition) is 1. The molecule has 5 aliphatic rings. The molecule has 0 aromatic carbocycles. The minimum atomic E-state index is -0.00523. The summed E-state index contributed by atoms with van der Waals surface area (Å²) in [5.41, 5.74) is 1.17. The number of aliphatic hydroxyl groups is 1. The SMILES string of the molecule is C[C@H](CCC1CCCCC1)[C@H]1CC[C@H]2[C@@H]3CCC4C[C@@H](O)CC[C@]4(C)[C@H]3CC[C@]12C. The Hall–Kier alpha value is -0.0400. The molecule has 5 saturated carbocycles. The van der Waals surface area contributed by atoms with Gasteiger partial charge in [0.15, 0.2) is 0 Å². The maximum Gasteiger partial charge on any atom is 0.0543 e. The molecular weight excluding hydrogens is 364 g/mol. The normalized spacial score (nSPS) is 50.4. The van der Waals surface area contributed by atoms with Gasteiger partial charge in [-0.05, 0) is 110 Å². The second kappa shape index (κ2) is 8.39. The largest absolute Gasteiger partial charge is 0.393 e. The third kappa shape index (κ3) is 3.62. The topological polar surface area (TPSA) is 20.2 Å². The lowest BCUT2D eigenvalue weighted by Gasteiger charge is -2.61. The van der Waals surface area contributed by atoms with E-state index in [1.165, 1.54) is 89.9 Å². The molecular formula is C29H50O. The van der Waals surface area contributed by atoms with Crippen molar-refractivity contribution in [2.24, 2.45) is 52.3 Å². The third-order valence-electron chi connectivity index (χ3n) is 12.2. The van der Waals surface area contributed by atoms with E-state index in [9.17, 15) is 5.11 Å². The van der Waals surface area contributed by atoms with Crippen LogP contribution in [0.2, 0.25) is 0 Å². The van der Waals surface area contributed by atoms with Gasteiger partial charge in [-0.25, -0.2) is 0 Å². The molecule has 5 fully saturated rings. The molecule has 1 N–H and O–H groups in total. The minimum absolute atomic E-state index is 0.00523. The molecule has 5 aliphatic carbocycles. The first kappa shape index (κ1) is 21.8. The summed E-state index contributed by atoms with van der Waals surface area (Å²) in [6.45, 7) is 8.01. The van der Waals surface area contributed by atoms with Crippen LogP contribution >= 0.6 is 0 Å². The third-order valence-corrected chi connectivity index (χ3v) is 12.2. The molecule has 5 rings (SSSR count). The predicted molar refractivity (Wildman–Crippen MR) is 126 cm³/mol. The van der Waals surface area contributed by atoms with E-state index < -0.39 is 0 Å². The van der Waals surface area contributed by atoms with E-state index in [0.29, 0.717) is 10.8 Å². The van der Waals surface area contributed by atoms with Crippen molar-refractivity contribution in [3.8, 4) is 0 Å². The Morgan fingerprint density at radius 1 is 0.800 bits per heavy atom. The monoisotopic (exact) mass is 414 g/mol. The van der Waals surface area contributed by atoms with Gasteiger partial charge in [-0.2, -0.15) is 0 Å². The van der Waals surface area contributed by atoms with Crippen molar-refractivity contribution in [1.29, 1.82) is 0 Å². The number of hydrogen-bond acceptors (Lipinski definition) is 1. The first-order chi connectivity index (χ1) is 14.4. The van der Waals surface area contributed by atoms with Crippen LogP contribution in [0.4, 0.5) is 0 Å². The van der Waals surface area contributed by atoms with Crippen molar-refractivity contribution in [1.82, 2.24) is 0 Å². The molecule has 0 bridgehead atoms. The molecule has 0 amide bonds. The van der Waals surface area contributed by atoms with Crippen LogP contribution in [0.1, 0.15) is 124 Å². The average molecular weight is 415 g/mol. The molecule has 1 heteroatoms. The van der Waals surface area contributed by atoms with Crippen molar-refractivity contribution >= 4 is 0 Å². The molecule has 0 spiro atoms. The molecule has 0 radical (unpaired) electrons. The van der Waals surface area contributed by atoms with Crippen LogP contribution in [0.15, 0.2) is 0 Å². The molecule has 0 heterocycles. The van der Waals surface area contributed by atoms with E-state index in [4.69, 9.17) is 0 Å². The Morgan fingerprint density at radius 3 is 2.33 bits per heavy atom. The van der Waals surface area contributed by atoms with Crippen LogP contribution < -0.4 is 0 Å². The average Bonchev–Trinajstić information content (AvgIpc) is 3.10. The summed E-state index contributed by atoms with van der Waals surface area (Å²) >= 11 is 0. The van der Waals surface area contributed by atoms with Crippen LogP contribution in [-0.4, -0.2) is 11.2 Å². The second-order valence-electron chi connectivity index (χ2n) is 13.4. The maximum atomic E-state index is 10.3. The zero-order chi connectivity index (χ0) is 20.9. The van der Waals surface area contributed by atoms with Crippen molar-refractivity contribution in [3.05, 3.63) is 0 Å². The highest BCUT2D eigenvalue weighted by atomic mass is 16.3. The molecule has 0 aromatic rings.